The van der Waals surface area contributed by atoms with Gasteiger partial charge in [-0.15, -0.1) is 0 Å². The maximum Gasteiger partial charge on any atom is 0.114 e. The van der Waals surface area contributed by atoms with Gasteiger partial charge in [0.25, 0.3) is 0 Å². The number of allylic oxidation sites excluding steroid dienone is 1. The number of methoxy groups -OCH3 is 1. The van der Waals surface area contributed by atoms with E-state index in [0.29, 0.717) is 5.92 Å². The Kier molecular flexibility index (Phi) is 2.69. The molecule has 0 N–H and O–H groups in total. The number of hydrogen-bond donors (Lipinski definition) is 0. The minimum Gasteiger partial charge on any atom is -0.499 e. The molecule has 0 spiro atoms. The second-order valence-corrected chi connectivity index (χ2v) is 3.07. The van der Waals surface area contributed by atoms with Crippen molar-refractivity contribution in [1.82, 2.24) is 0 Å². The predicted molar refractivity (Wildman–Crippen MR) is 46.6 cm³/mol. The van der Waals surface area contributed by atoms with E-state index in [0.717, 1.165) is 18.6 Å². The van der Waals surface area contributed by atoms with E-state index in [9.17, 15) is 0 Å². The first-order valence-corrected chi connectivity index (χ1v) is 4.03. The zero-order valence-corrected chi connectivity index (χ0v) is 7.42. The second-order valence-electron chi connectivity index (χ2n) is 3.07. The van der Waals surface area contributed by atoms with Gasteiger partial charge in [-0.2, -0.15) is 0 Å². The van der Waals surface area contributed by atoms with Gasteiger partial charge in [0, 0.05) is 12.1 Å². The topological polar surface area (TPSA) is 21.6 Å². The number of rotatable bonds is 2. The molecule has 1 aliphatic heterocycles. The highest BCUT2D eigenvalue weighted by Crippen LogP contribution is 2.16. The predicted octanol–water partition coefficient (Wildman–Crippen LogP) is 2.37. The van der Waals surface area contributed by atoms with Crippen molar-refractivity contribution < 1.29 is 4.74 Å². The lowest BCUT2D eigenvalue weighted by Crippen LogP contribution is -2.10. The molecule has 0 aromatic heterocycles. The lowest BCUT2D eigenvalue weighted by atomic mass is 10.0. The summed E-state index contributed by atoms with van der Waals surface area (Å²) >= 11 is 0. The van der Waals surface area contributed by atoms with E-state index in [1.165, 1.54) is 5.71 Å². The molecule has 0 unspecified atom stereocenters. The van der Waals surface area contributed by atoms with Crippen LogP contribution in [0.4, 0.5) is 0 Å². The molecule has 0 aromatic rings. The van der Waals surface area contributed by atoms with Gasteiger partial charge >= 0.3 is 0 Å². The summed E-state index contributed by atoms with van der Waals surface area (Å²) in [5, 5.41) is 0. The van der Waals surface area contributed by atoms with Gasteiger partial charge in [0.1, 0.15) is 5.76 Å². The Labute approximate surface area is 68.0 Å². The minimum atomic E-state index is 0.574. The summed E-state index contributed by atoms with van der Waals surface area (Å²) in [6.45, 7) is 4.34. The molecule has 0 saturated heterocycles. The Balaban J connectivity index is 2.61. The van der Waals surface area contributed by atoms with Crippen molar-refractivity contribution in [3.8, 4) is 0 Å². The van der Waals surface area contributed by atoms with Crippen LogP contribution in [0.3, 0.4) is 0 Å². The number of hydrogen-bond acceptors (Lipinski definition) is 2. The average Bonchev–Trinajstić information content (AvgIpc) is 2.05. The molecule has 62 valence electrons. The highest BCUT2D eigenvalue weighted by Gasteiger charge is 2.10. The van der Waals surface area contributed by atoms with Crippen molar-refractivity contribution in [2.24, 2.45) is 10.9 Å². The Morgan fingerprint density at radius 2 is 2.18 bits per heavy atom. The summed E-state index contributed by atoms with van der Waals surface area (Å²) in [7, 11) is 1.70. The minimum absolute atomic E-state index is 0.574. The number of nitrogens with zero attached hydrogens (tertiary/aromatic N) is 1. The molecule has 11 heavy (non-hydrogen) atoms. The average molecular weight is 153 g/mol. The zero-order chi connectivity index (χ0) is 8.27. The van der Waals surface area contributed by atoms with Crippen LogP contribution in [0.5, 0.6) is 0 Å². The van der Waals surface area contributed by atoms with Gasteiger partial charge in [-0.1, -0.05) is 13.8 Å². The van der Waals surface area contributed by atoms with Crippen LogP contribution in [0.25, 0.3) is 0 Å². The molecule has 0 amide bonds. The summed E-state index contributed by atoms with van der Waals surface area (Å²) in [5.74, 6) is 1.57. The first-order chi connectivity index (χ1) is 5.24. The Morgan fingerprint density at radius 3 is 2.55 bits per heavy atom. The molecule has 0 aliphatic carbocycles. The molecular weight excluding hydrogens is 138 g/mol. The van der Waals surface area contributed by atoms with Crippen LogP contribution >= 0.6 is 0 Å². The fourth-order valence-corrected chi connectivity index (χ4v) is 1.13. The summed E-state index contributed by atoms with van der Waals surface area (Å²) in [6.07, 6.45) is 3.89. The highest BCUT2D eigenvalue weighted by molar-refractivity contribution is 5.87. The SMILES string of the molecule is COC1=CN=C(C(C)C)CC1. The molecule has 0 aromatic carbocycles. The van der Waals surface area contributed by atoms with Crippen molar-refractivity contribution in [2.75, 3.05) is 7.11 Å². The third kappa shape index (κ3) is 2.07. The molecule has 0 atom stereocenters. The summed E-state index contributed by atoms with van der Waals surface area (Å²) < 4.78 is 5.07. The van der Waals surface area contributed by atoms with E-state index in [4.69, 9.17) is 4.74 Å². The third-order valence-electron chi connectivity index (χ3n) is 1.93. The van der Waals surface area contributed by atoms with Crippen molar-refractivity contribution >= 4 is 5.71 Å². The lowest BCUT2D eigenvalue weighted by Gasteiger charge is -2.14. The first-order valence-electron chi connectivity index (χ1n) is 4.03. The Bertz CT molecular complexity index is 192. The Hall–Kier alpha value is -0.790. The van der Waals surface area contributed by atoms with Crippen LogP contribution in [0, 0.1) is 5.92 Å². The van der Waals surface area contributed by atoms with E-state index >= 15 is 0 Å². The fourth-order valence-electron chi connectivity index (χ4n) is 1.13. The number of aliphatic imine (C=N–C) groups is 1. The highest BCUT2D eigenvalue weighted by atomic mass is 16.5. The standard InChI is InChI=1S/C9H15NO/c1-7(2)9-5-4-8(11-3)6-10-9/h6-7H,4-5H2,1-3H3. The van der Waals surface area contributed by atoms with Crippen molar-refractivity contribution in [3.63, 3.8) is 0 Å². The summed E-state index contributed by atoms with van der Waals surface area (Å²) in [5.41, 5.74) is 1.28. The molecule has 1 aliphatic rings. The molecule has 0 fully saturated rings. The molecule has 1 rings (SSSR count). The largest absolute Gasteiger partial charge is 0.499 e. The van der Waals surface area contributed by atoms with E-state index in [1.807, 2.05) is 6.20 Å². The van der Waals surface area contributed by atoms with Crippen LogP contribution in [-0.4, -0.2) is 12.8 Å². The van der Waals surface area contributed by atoms with Crippen molar-refractivity contribution in [3.05, 3.63) is 12.0 Å². The molecule has 0 saturated carbocycles. The van der Waals surface area contributed by atoms with E-state index in [1.54, 1.807) is 7.11 Å². The van der Waals surface area contributed by atoms with Gasteiger partial charge in [0.2, 0.25) is 0 Å². The van der Waals surface area contributed by atoms with Crippen molar-refractivity contribution in [1.29, 1.82) is 0 Å². The van der Waals surface area contributed by atoms with Crippen LogP contribution < -0.4 is 0 Å². The Morgan fingerprint density at radius 1 is 1.45 bits per heavy atom. The van der Waals surface area contributed by atoms with Crippen LogP contribution in [0.1, 0.15) is 26.7 Å². The van der Waals surface area contributed by atoms with Crippen LogP contribution in [-0.2, 0) is 4.74 Å². The molecule has 1 heterocycles. The molecule has 2 heteroatoms. The maximum absolute atomic E-state index is 5.07. The molecule has 2 nitrogen and oxygen atoms in total. The fraction of sp³-hybridized carbons (Fsp3) is 0.667. The summed E-state index contributed by atoms with van der Waals surface area (Å²) in [6, 6.07) is 0. The van der Waals surface area contributed by atoms with Gasteiger partial charge in [-0.3, -0.25) is 4.99 Å². The normalized spacial score (nSPS) is 17.8. The van der Waals surface area contributed by atoms with Gasteiger partial charge < -0.3 is 4.74 Å². The van der Waals surface area contributed by atoms with Gasteiger partial charge in [-0.05, 0) is 12.3 Å². The van der Waals surface area contributed by atoms with Crippen LogP contribution in [0.2, 0.25) is 0 Å². The maximum atomic E-state index is 5.07. The van der Waals surface area contributed by atoms with E-state index < -0.39 is 0 Å². The molecule has 0 bridgehead atoms. The van der Waals surface area contributed by atoms with Gasteiger partial charge in [0.05, 0.1) is 13.3 Å². The monoisotopic (exact) mass is 153 g/mol. The smallest absolute Gasteiger partial charge is 0.114 e. The second kappa shape index (κ2) is 3.56. The van der Waals surface area contributed by atoms with Gasteiger partial charge in [0.15, 0.2) is 0 Å². The first kappa shape index (κ1) is 8.31. The quantitative estimate of drug-likeness (QED) is 0.596. The van der Waals surface area contributed by atoms with Crippen LogP contribution in [0.15, 0.2) is 17.0 Å². The zero-order valence-electron chi connectivity index (χ0n) is 7.42. The number of ether oxygens (including phenoxy) is 1. The van der Waals surface area contributed by atoms with E-state index in [2.05, 4.69) is 18.8 Å². The van der Waals surface area contributed by atoms with E-state index in [-0.39, 0.29) is 0 Å². The van der Waals surface area contributed by atoms with Gasteiger partial charge in [-0.25, -0.2) is 0 Å². The molecular formula is C9H15NO. The lowest BCUT2D eigenvalue weighted by molar-refractivity contribution is 0.275. The van der Waals surface area contributed by atoms with Crippen molar-refractivity contribution in [2.45, 2.75) is 26.7 Å². The molecule has 0 radical (unpaired) electrons. The third-order valence-corrected chi connectivity index (χ3v) is 1.93. The summed E-state index contributed by atoms with van der Waals surface area (Å²) in [4.78, 5) is 4.31.